The fourth-order valence-electron chi connectivity index (χ4n) is 3.72. The van der Waals surface area contributed by atoms with Gasteiger partial charge in [0.15, 0.2) is 0 Å². The number of aryl methyl sites for hydroxylation is 1. The number of carboxylic acids is 1. The van der Waals surface area contributed by atoms with Crippen LogP contribution in [0.25, 0.3) is 0 Å². The monoisotopic (exact) mass is 260 g/mol. The van der Waals surface area contributed by atoms with Crippen molar-refractivity contribution in [3.05, 3.63) is 29.6 Å². The van der Waals surface area contributed by atoms with Crippen LogP contribution in [0.2, 0.25) is 0 Å². The summed E-state index contributed by atoms with van der Waals surface area (Å²) in [4.78, 5) is 18.0. The summed E-state index contributed by atoms with van der Waals surface area (Å²) in [5.74, 6) is 0.282. The summed E-state index contributed by atoms with van der Waals surface area (Å²) in [5, 5.41) is 9.50. The number of hydrogen-bond donors (Lipinski definition) is 1. The Balaban J connectivity index is 1.76. The first-order chi connectivity index (χ1) is 9.15. The summed E-state index contributed by atoms with van der Waals surface area (Å²) in [6.45, 7) is 3.59. The zero-order chi connectivity index (χ0) is 13.4. The van der Waals surface area contributed by atoms with Crippen LogP contribution < -0.4 is 0 Å². The van der Waals surface area contributed by atoms with Crippen LogP contribution >= 0.6 is 0 Å². The molecule has 0 aromatic carbocycles. The number of hydrogen-bond acceptors (Lipinski definition) is 3. The average molecular weight is 260 g/mol. The fourth-order valence-corrected chi connectivity index (χ4v) is 3.72. The van der Waals surface area contributed by atoms with E-state index in [1.165, 1.54) is 12.8 Å². The van der Waals surface area contributed by atoms with Crippen LogP contribution in [0.5, 0.6) is 0 Å². The maximum absolute atomic E-state index is 11.5. The Labute approximate surface area is 113 Å². The van der Waals surface area contributed by atoms with Gasteiger partial charge in [0.2, 0.25) is 0 Å². The average Bonchev–Trinajstić information content (AvgIpc) is 2.91. The lowest BCUT2D eigenvalue weighted by Gasteiger charge is -2.24. The lowest BCUT2D eigenvalue weighted by atomic mass is 9.94. The number of rotatable bonds is 3. The molecule has 0 spiro atoms. The van der Waals surface area contributed by atoms with Gasteiger partial charge in [0, 0.05) is 25.0 Å². The molecule has 2 fully saturated rings. The van der Waals surface area contributed by atoms with Gasteiger partial charge in [-0.15, -0.1) is 0 Å². The quantitative estimate of drug-likeness (QED) is 0.904. The third-order valence-electron chi connectivity index (χ3n) is 4.60. The minimum absolute atomic E-state index is 0.297. The van der Waals surface area contributed by atoms with Gasteiger partial charge in [-0.3, -0.25) is 14.7 Å². The van der Waals surface area contributed by atoms with E-state index in [2.05, 4.69) is 16.0 Å². The van der Waals surface area contributed by atoms with Crippen molar-refractivity contribution in [1.29, 1.82) is 0 Å². The van der Waals surface area contributed by atoms with Gasteiger partial charge in [0.05, 0.1) is 0 Å². The van der Waals surface area contributed by atoms with E-state index in [9.17, 15) is 9.90 Å². The predicted molar refractivity (Wildman–Crippen MR) is 71.6 cm³/mol. The number of carbonyl (C=O) groups is 1. The lowest BCUT2D eigenvalue weighted by molar-refractivity contribution is -0.143. The Morgan fingerprint density at radius 1 is 1.47 bits per heavy atom. The zero-order valence-electron chi connectivity index (χ0n) is 11.2. The molecule has 0 bridgehead atoms. The van der Waals surface area contributed by atoms with Crippen molar-refractivity contribution >= 4 is 5.97 Å². The molecule has 0 amide bonds. The highest BCUT2D eigenvalue weighted by Gasteiger charge is 2.47. The van der Waals surface area contributed by atoms with Crippen LogP contribution in [0.3, 0.4) is 0 Å². The molecule has 1 aliphatic heterocycles. The Morgan fingerprint density at radius 3 is 3.00 bits per heavy atom. The molecule has 1 aliphatic carbocycles. The molecule has 3 unspecified atom stereocenters. The third-order valence-corrected chi connectivity index (χ3v) is 4.60. The van der Waals surface area contributed by atoms with Crippen molar-refractivity contribution in [2.45, 2.75) is 38.8 Å². The molecule has 1 aromatic rings. The van der Waals surface area contributed by atoms with Crippen molar-refractivity contribution in [1.82, 2.24) is 9.88 Å². The van der Waals surface area contributed by atoms with E-state index >= 15 is 0 Å². The molecule has 102 valence electrons. The molecular weight excluding hydrogens is 240 g/mol. The molecule has 3 atom stereocenters. The summed E-state index contributed by atoms with van der Waals surface area (Å²) in [6, 6.07) is 3.74. The molecule has 1 aromatic heterocycles. The number of likely N-dealkylation sites (tertiary alicyclic amines) is 1. The molecule has 3 rings (SSSR count). The highest BCUT2D eigenvalue weighted by Crippen LogP contribution is 2.42. The van der Waals surface area contributed by atoms with Crippen molar-refractivity contribution in [3.63, 3.8) is 0 Å². The number of pyridine rings is 1. The molecule has 4 nitrogen and oxygen atoms in total. The van der Waals surface area contributed by atoms with E-state index in [1.807, 2.05) is 19.2 Å². The first-order valence-electron chi connectivity index (χ1n) is 7.03. The van der Waals surface area contributed by atoms with Gasteiger partial charge < -0.3 is 5.11 Å². The molecule has 0 radical (unpaired) electrons. The predicted octanol–water partition coefficient (Wildman–Crippen LogP) is 2.08. The molecule has 19 heavy (non-hydrogen) atoms. The minimum Gasteiger partial charge on any atom is -0.480 e. The van der Waals surface area contributed by atoms with Crippen LogP contribution in [-0.4, -0.2) is 33.5 Å². The number of carboxylic acid groups (broad SMARTS) is 1. The first kappa shape index (κ1) is 12.6. The normalized spacial score (nSPS) is 30.5. The standard InChI is InChI=1S/C15H20N2O2/c1-10-5-6-11(7-16-10)8-17-9-12-3-2-4-13(12)14(17)15(18)19/h5-7,12-14H,2-4,8-9H2,1H3,(H,18,19). The van der Waals surface area contributed by atoms with Crippen LogP contribution in [-0.2, 0) is 11.3 Å². The highest BCUT2D eigenvalue weighted by molar-refractivity contribution is 5.74. The van der Waals surface area contributed by atoms with E-state index in [4.69, 9.17) is 0 Å². The Hall–Kier alpha value is -1.42. The zero-order valence-corrected chi connectivity index (χ0v) is 11.2. The molecular formula is C15H20N2O2. The van der Waals surface area contributed by atoms with E-state index in [0.29, 0.717) is 18.4 Å². The summed E-state index contributed by atoms with van der Waals surface area (Å²) < 4.78 is 0. The Bertz CT molecular complexity index is 472. The van der Waals surface area contributed by atoms with Crippen molar-refractivity contribution in [2.75, 3.05) is 6.54 Å². The van der Waals surface area contributed by atoms with Gasteiger partial charge in [-0.1, -0.05) is 12.5 Å². The number of fused-ring (bicyclic) bond motifs is 1. The summed E-state index contributed by atoms with van der Waals surface area (Å²) in [5.41, 5.74) is 2.11. The SMILES string of the molecule is Cc1ccc(CN2CC3CCCC3C2C(=O)O)cn1. The third kappa shape index (κ3) is 2.37. The van der Waals surface area contributed by atoms with Gasteiger partial charge in [0.25, 0.3) is 0 Å². The van der Waals surface area contributed by atoms with Crippen LogP contribution in [0.15, 0.2) is 18.3 Å². The van der Waals surface area contributed by atoms with E-state index in [1.54, 1.807) is 0 Å². The lowest BCUT2D eigenvalue weighted by Crippen LogP contribution is -2.39. The molecule has 2 aliphatic rings. The highest BCUT2D eigenvalue weighted by atomic mass is 16.4. The molecule has 2 heterocycles. The van der Waals surface area contributed by atoms with E-state index in [-0.39, 0.29) is 6.04 Å². The topological polar surface area (TPSA) is 53.4 Å². The summed E-state index contributed by atoms with van der Waals surface area (Å²) in [6.07, 6.45) is 5.32. The van der Waals surface area contributed by atoms with Gasteiger partial charge in [-0.05, 0) is 43.2 Å². The van der Waals surface area contributed by atoms with Crippen LogP contribution in [0, 0.1) is 18.8 Å². The maximum atomic E-state index is 11.5. The number of nitrogens with zero attached hydrogens (tertiary/aromatic N) is 2. The second-order valence-electron chi connectivity index (χ2n) is 5.88. The molecule has 1 saturated carbocycles. The maximum Gasteiger partial charge on any atom is 0.321 e. The van der Waals surface area contributed by atoms with E-state index < -0.39 is 5.97 Å². The van der Waals surface area contributed by atoms with Gasteiger partial charge in [0.1, 0.15) is 6.04 Å². The van der Waals surface area contributed by atoms with Crippen molar-refractivity contribution in [3.8, 4) is 0 Å². The van der Waals surface area contributed by atoms with Gasteiger partial charge in [-0.2, -0.15) is 0 Å². The van der Waals surface area contributed by atoms with E-state index in [0.717, 1.165) is 24.2 Å². The van der Waals surface area contributed by atoms with Gasteiger partial charge in [-0.25, -0.2) is 0 Å². The Kier molecular flexibility index (Phi) is 3.27. The van der Waals surface area contributed by atoms with Crippen LogP contribution in [0.4, 0.5) is 0 Å². The second kappa shape index (κ2) is 4.93. The molecule has 1 N–H and O–H groups in total. The minimum atomic E-state index is -0.658. The van der Waals surface area contributed by atoms with Crippen molar-refractivity contribution < 1.29 is 9.90 Å². The fraction of sp³-hybridized carbons (Fsp3) is 0.600. The molecule has 4 heteroatoms. The summed E-state index contributed by atoms with van der Waals surface area (Å²) in [7, 11) is 0. The van der Waals surface area contributed by atoms with Gasteiger partial charge >= 0.3 is 5.97 Å². The Morgan fingerprint density at radius 2 is 2.32 bits per heavy atom. The number of aliphatic carboxylic acids is 1. The second-order valence-corrected chi connectivity index (χ2v) is 5.88. The molecule has 1 saturated heterocycles. The van der Waals surface area contributed by atoms with Crippen LogP contribution in [0.1, 0.15) is 30.5 Å². The smallest absolute Gasteiger partial charge is 0.321 e. The summed E-state index contributed by atoms with van der Waals surface area (Å²) >= 11 is 0. The largest absolute Gasteiger partial charge is 0.480 e. The first-order valence-corrected chi connectivity index (χ1v) is 7.03. The number of aromatic nitrogens is 1. The van der Waals surface area contributed by atoms with Crippen molar-refractivity contribution in [2.24, 2.45) is 11.8 Å².